The molecule has 1 N–H and O–H groups in total. The van der Waals surface area contributed by atoms with Gasteiger partial charge in [0.25, 0.3) is 5.56 Å². The lowest BCUT2D eigenvalue weighted by Gasteiger charge is -2.12. The van der Waals surface area contributed by atoms with Gasteiger partial charge in [-0.3, -0.25) is 4.79 Å². The summed E-state index contributed by atoms with van der Waals surface area (Å²) in [5, 5.41) is 17.8. The molecule has 146 valence electrons. The molecule has 0 fully saturated rings. The number of benzene rings is 2. The van der Waals surface area contributed by atoms with Crippen LogP contribution in [0.15, 0.2) is 53.3 Å². The third-order valence-corrected chi connectivity index (χ3v) is 4.55. The number of hydrogen-bond donors (Lipinski definition) is 1. The molecule has 1 unspecified atom stereocenters. The maximum absolute atomic E-state index is 12.4. The lowest BCUT2D eigenvalue weighted by molar-refractivity contribution is -0.149. The lowest BCUT2D eigenvalue weighted by Crippen LogP contribution is -2.26. The van der Waals surface area contributed by atoms with Gasteiger partial charge < -0.3 is 9.84 Å². The van der Waals surface area contributed by atoms with Crippen LogP contribution in [0, 0.1) is 0 Å². The van der Waals surface area contributed by atoms with Gasteiger partial charge in [-0.1, -0.05) is 41.6 Å². The highest BCUT2D eigenvalue weighted by Crippen LogP contribution is 2.11. The van der Waals surface area contributed by atoms with Crippen molar-refractivity contribution in [3.63, 3.8) is 0 Å². The fourth-order valence-corrected chi connectivity index (χ4v) is 3.08. The van der Waals surface area contributed by atoms with Gasteiger partial charge in [0.15, 0.2) is 6.10 Å². The predicted octanol–water partition coefficient (Wildman–Crippen LogP) is 2.46. The Hall–Kier alpha value is -3.06. The Morgan fingerprint density at radius 3 is 2.57 bits per heavy atom. The number of ether oxygens (including phenoxy) is 1. The first-order valence-electron chi connectivity index (χ1n) is 9.33. The van der Waals surface area contributed by atoms with Crippen LogP contribution in [0.3, 0.4) is 0 Å². The van der Waals surface area contributed by atoms with E-state index in [2.05, 4.69) is 10.3 Å². The molecule has 28 heavy (non-hydrogen) atoms. The van der Waals surface area contributed by atoms with Gasteiger partial charge in [0, 0.05) is 19.6 Å². The van der Waals surface area contributed by atoms with E-state index in [0.717, 1.165) is 24.0 Å². The van der Waals surface area contributed by atoms with E-state index in [9.17, 15) is 9.59 Å². The molecule has 1 heterocycles. The number of hydrogen-bond acceptors (Lipinski definition) is 5. The van der Waals surface area contributed by atoms with E-state index in [1.807, 2.05) is 36.4 Å². The van der Waals surface area contributed by atoms with Crippen molar-refractivity contribution in [3.05, 3.63) is 70.0 Å². The van der Waals surface area contributed by atoms with E-state index in [0.29, 0.717) is 30.5 Å². The molecular formula is C21H23N3O4. The van der Waals surface area contributed by atoms with E-state index in [-0.39, 0.29) is 5.56 Å². The van der Waals surface area contributed by atoms with E-state index in [4.69, 9.17) is 9.84 Å². The molecule has 0 aliphatic heterocycles. The Morgan fingerprint density at radius 1 is 1.14 bits per heavy atom. The fraction of sp³-hybridized carbons (Fsp3) is 0.333. The van der Waals surface area contributed by atoms with E-state index in [1.165, 1.54) is 4.68 Å². The number of aliphatic carboxylic acids is 1. The third-order valence-electron chi connectivity index (χ3n) is 4.55. The summed E-state index contributed by atoms with van der Waals surface area (Å²) in [5.41, 5.74) is 2.51. The maximum Gasteiger partial charge on any atom is 0.333 e. The molecule has 0 aliphatic carbocycles. The standard InChI is InChI=1S/C21H23N3O4/c1-2-28-19(21(26)27)14-16-11-9-15(10-12-16)6-5-13-24-20(25)17-7-3-4-8-18(17)22-23-24/h3-4,7-12,19H,2,5-6,13-14H2,1H3,(H,26,27). The minimum Gasteiger partial charge on any atom is -0.479 e. The van der Waals surface area contributed by atoms with Crippen LogP contribution in [0.25, 0.3) is 10.9 Å². The summed E-state index contributed by atoms with van der Waals surface area (Å²) in [4.78, 5) is 23.6. The average Bonchev–Trinajstić information content (AvgIpc) is 2.70. The van der Waals surface area contributed by atoms with Gasteiger partial charge in [-0.15, -0.1) is 5.10 Å². The highest BCUT2D eigenvalue weighted by Gasteiger charge is 2.17. The number of aryl methyl sites for hydroxylation is 2. The molecule has 0 radical (unpaired) electrons. The Bertz CT molecular complexity index is 998. The average molecular weight is 381 g/mol. The quantitative estimate of drug-likeness (QED) is 0.612. The molecule has 0 saturated carbocycles. The molecule has 3 rings (SSSR count). The van der Waals surface area contributed by atoms with E-state index < -0.39 is 12.1 Å². The van der Waals surface area contributed by atoms with Crippen LogP contribution < -0.4 is 5.56 Å². The highest BCUT2D eigenvalue weighted by atomic mass is 16.5. The molecule has 3 aromatic rings. The SMILES string of the molecule is CCOC(Cc1ccc(CCCn2nnc3ccccc3c2=O)cc1)C(=O)O. The van der Waals surface area contributed by atoms with Crippen LogP contribution in [0.4, 0.5) is 0 Å². The van der Waals surface area contributed by atoms with Crippen molar-refractivity contribution in [1.82, 2.24) is 15.0 Å². The third kappa shape index (κ3) is 4.80. The van der Waals surface area contributed by atoms with Crippen molar-refractivity contribution in [3.8, 4) is 0 Å². The zero-order valence-electron chi connectivity index (χ0n) is 15.7. The second kappa shape index (κ2) is 9.23. The number of rotatable bonds is 9. The Morgan fingerprint density at radius 2 is 1.86 bits per heavy atom. The molecule has 7 heteroatoms. The van der Waals surface area contributed by atoms with Crippen molar-refractivity contribution >= 4 is 16.9 Å². The molecule has 0 amide bonds. The van der Waals surface area contributed by atoms with Gasteiger partial charge in [0.05, 0.1) is 5.39 Å². The summed E-state index contributed by atoms with van der Waals surface area (Å²) in [7, 11) is 0. The molecule has 0 bridgehead atoms. The van der Waals surface area contributed by atoms with Crippen molar-refractivity contribution in [2.24, 2.45) is 0 Å². The summed E-state index contributed by atoms with van der Waals surface area (Å²) < 4.78 is 6.65. The van der Waals surface area contributed by atoms with Gasteiger partial charge >= 0.3 is 5.97 Å². The molecule has 0 spiro atoms. The van der Waals surface area contributed by atoms with Crippen LogP contribution >= 0.6 is 0 Å². The summed E-state index contributed by atoms with van der Waals surface area (Å²) in [6.07, 6.45) is 1.05. The Kier molecular flexibility index (Phi) is 6.49. The minimum absolute atomic E-state index is 0.128. The molecule has 0 saturated heterocycles. The molecule has 0 aliphatic rings. The Labute approximate surface area is 162 Å². The van der Waals surface area contributed by atoms with Gasteiger partial charge in [-0.25, -0.2) is 9.48 Å². The first-order valence-corrected chi connectivity index (χ1v) is 9.33. The van der Waals surface area contributed by atoms with Crippen LogP contribution in [0.2, 0.25) is 0 Å². The van der Waals surface area contributed by atoms with E-state index in [1.54, 1.807) is 19.1 Å². The van der Waals surface area contributed by atoms with Crippen molar-refractivity contribution in [2.75, 3.05) is 6.61 Å². The molecule has 2 aromatic carbocycles. The minimum atomic E-state index is -0.951. The topological polar surface area (TPSA) is 94.3 Å². The summed E-state index contributed by atoms with van der Waals surface area (Å²) in [5.74, 6) is -0.951. The van der Waals surface area contributed by atoms with Crippen molar-refractivity contribution in [2.45, 2.75) is 38.8 Å². The smallest absolute Gasteiger partial charge is 0.333 e. The number of aromatic nitrogens is 3. The first kappa shape index (κ1) is 19.7. The Balaban J connectivity index is 1.57. The largest absolute Gasteiger partial charge is 0.479 e. The maximum atomic E-state index is 12.4. The van der Waals surface area contributed by atoms with Gasteiger partial charge in [0.2, 0.25) is 0 Å². The molecule has 1 atom stereocenters. The zero-order chi connectivity index (χ0) is 19.9. The molecular weight excluding hydrogens is 358 g/mol. The molecule has 1 aromatic heterocycles. The number of carbonyl (C=O) groups is 1. The summed E-state index contributed by atoms with van der Waals surface area (Å²) in [6.45, 7) is 2.64. The van der Waals surface area contributed by atoms with Crippen LogP contribution in [0.5, 0.6) is 0 Å². The summed E-state index contributed by atoms with van der Waals surface area (Å²) >= 11 is 0. The summed E-state index contributed by atoms with van der Waals surface area (Å²) in [6, 6.07) is 15.0. The van der Waals surface area contributed by atoms with Crippen molar-refractivity contribution < 1.29 is 14.6 Å². The van der Waals surface area contributed by atoms with E-state index >= 15 is 0 Å². The zero-order valence-corrected chi connectivity index (χ0v) is 15.7. The van der Waals surface area contributed by atoms with Crippen LogP contribution in [0.1, 0.15) is 24.5 Å². The first-order chi connectivity index (χ1) is 13.6. The van der Waals surface area contributed by atoms with Crippen molar-refractivity contribution in [1.29, 1.82) is 0 Å². The van der Waals surface area contributed by atoms with Crippen LogP contribution in [-0.2, 0) is 28.9 Å². The second-order valence-electron chi connectivity index (χ2n) is 6.54. The highest BCUT2D eigenvalue weighted by molar-refractivity contribution is 5.76. The second-order valence-corrected chi connectivity index (χ2v) is 6.54. The van der Waals surface area contributed by atoms with Crippen LogP contribution in [-0.4, -0.2) is 38.8 Å². The van der Waals surface area contributed by atoms with Gasteiger partial charge in [-0.05, 0) is 43.0 Å². The monoisotopic (exact) mass is 381 g/mol. The predicted molar refractivity (Wildman–Crippen MR) is 105 cm³/mol. The number of fused-ring (bicyclic) bond motifs is 1. The normalized spacial score (nSPS) is 12.2. The van der Waals surface area contributed by atoms with Gasteiger partial charge in [-0.2, -0.15) is 0 Å². The lowest BCUT2D eigenvalue weighted by atomic mass is 10.0. The number of carboxylic acids is 1. The fourth-order valence-electron chi connectivity index (χ4n) is 3.08. The van der Waals surface area contributed by atoms with Gasteiger partial charge in [0.1, 0.15) is 5.52 Å². The number of nitrogens with zero attached hydrogens (tertiary/aromatic N) is 3. The molecule has 7 nitrogen and oxygen atoms in total. The number of carboxylic acid groups (broad SMARTS) is 1.